The fourth-order valence-corrected chi connectivity index (χ4v) is 1.82. The van der Waals surface area contributed by atoms with Crippen molar-refractivity contribution in [2.75, 3.05) is 13.2 Å². The topological polar surface area (TPSA) is 53.7 Å². The molecule has 0 aliphatic carbocycles. The highest BCUT2D eigenvalue weighted by Crippen LogP contribution is 2.34. The van der Waals surface area contributed by atoms with Gasteiger partial charge in [-0.15, -0.1) is 0 Å². The van der Waals surface area contributed by atoms with Crippen molar-refractivity contribution >= 4 is 0 Å². The van der Waals surface area contributed by atoms with Gasteiger partial charge in [-0.2, -0.15) is 0 Å². The Hall–Kier alpha value is -0.160. The van der Waals surface area contributed by atoms with Crippen LogP contribution in [0.2, 0.25) is 0 Å². The molecule has 0 radical (unpaired) electrons. The summed E-state index contributed by atoms with van der Waals surface area (Å²) in [6, 6.07) is 0. The van der Waals surface area contributed by atoms with Gasteiger partial charge in [0.1, 0.15) is 12.2 Å². The van der Waals surface area contributed by atoms with Crippen LogP contribution in [0.3, 0.4) is 0 Å². The third-order valence-corrected chi connectivity index (χ3v) is 2.29. The molecule has 2 N–H and O–H groups in total. The largest absolute Gasteiger partial charge is 0.371 e. The molecule has 2 heterocycles. The second-order valence-electron chi connectivity index (χ2n) is 3.75. The lowest BCUT2D eigenvalue weighted by Gasteiger charge is -2.20. The third-order valence-electron chi connectivity index (χ3n) is 2.29. The van der Waals surface area contributed by atoms with Gasteiger partial charge in [0.05, 0.1) is 12.7 Å². The summed E-state index contributed by atoms with van der Waals surface area (Å²) in [7, 11) is 0. The van der Waals surface area contributed by atoms with Crippen molar-refractivity contribution < 1.29 is 14.2 Å². The molecule has 3 unspecified atom stereocenters. The number of ether oxygens (including phenoxy) is 3. The minimum absolute atomic E-state index is 0.0109. The molecule has 0 aromatic carbocycles. The van der Waals surface area contributed by atoms with Crippen LogP contribution in [0.25, 0.3) is 0 Å². The lowest BCUT2D eigenvalue weighted by Crippen LogP contribution is -2.34. The molecule has 0 bridgehead atoms. The van der Waals surface area contributed by atoms with E-state index >= 15 is 0 Å². The van der Waals surface area contributed by atoms with Crippen LogP contribution in [0.5, 0.6) is 0 Å². The van der Waals surface area contributed by atoms with Crippen molar-refractivity contribution in [1.29, 1.82) is 0 Å². The molecule has 4 nitrogen and oxygen atoms in total. The van der Waals surface area contributed by atoms with Crippen molar-refractivity contribution in [3.63, 3.8) is 0 Å². The average Bonchev–Trinajstić information content (AvgIpc) is 2.42. The van der Waals surface area contributed by atoms with Crippen molar-refractivity contribution in [3.05, 3.63) is 0 Å². The lowest BCUT2D eigenvalue weighted by atomic mass is 10.1. The molecule has 0 aromatic rings. The van der Waals surface area contributed by atoms with E-state index in [0.717, 1.165) is 0 Å². The van der Waals surface area contributed by atoms with E-state index in [1.165, 1.54) is 0 Å². The summed E-state index contributed by atoms with van der Waals surface area (Å²) >= 11 is 0. The zero-order valence-corrected chi connectivity index (χ0v) is 7.45. The maximum absolute atomic E-state index is 5.65. The molecular weight excluding hydrogens is 158 g/mol. The highest BCUT2D eigenvalue weighted by atomic mass is 16.8. The summed E-state index contributed by atoms with van der Waals surface area (Å²) in [4.78, 5) is 0. The first-order chi connectivity index (χ1) is 5.62. The summed E-state index contributed by atoms with van der Waals surface area (Å²) < 4.78 is 16.6. The zero-order valence-electron chi connectivity index (χ0n) is 7.45. The van der Waals surface area contributed by atoms with Crippen LogP contribution < -0.4 is 5.73 Å². The molecule has 2 saturated heterocycles. The zero-order chi connectivity index (χ0) is 8.77. The van der Waals surface area contributed by atoms with E-state index in [1.54, 1.807) is 0 Å². The van der Waals surface area contributed by atoms with E-state index in [9.17, 15) is 0 Å². The first-order valence-electron chi connectivity index (χ1n) is 4.30. The van der Waals surface area contributed by atoms with Crippen molar-refractivity contribution in [1.82, 2.24) is 0 Å². The Labute approximate surface area is 72.0 Å². The number of rotatable bonds is 1. The Kier molecular flexibility index (Phi) is 1.88. The lowest BCUT2D eigenvalue weighted by molar-refractivity contribution is -0.173. The van der Waals surface area contributed by atoms with Gasteiger partial charge in [-0.1, -0.05) is 0 Å². The van der Waals surface area contributed by atoms with Crippen LogP contribution in [0.4, 0.5) is 0 Å². The molecule has 2 fully saturated rings. The SMILES string of the molecule is CC1(C)OC2COC(CN)C2O1. The molecule has 0 saturated carbocycles. The Bertz CT molecular complexity index is 183. The predicted octanol–water partition coefficient (Wildman–Crippen LogP) is -0.136. The molecule has 4 heteroatoms. The summed E-state index contributed by atoms with van der Waals surface area (Å²) in [6.07, 6.45) is 0.121. The van der Waals surface area contributed by atoms with Crippen LogP contribution in [0.1, 0.15) is 13.8 Å². The quantitative estimate of drug-likeness (QED) is 0.600. The Morgan fingerprint density at radius 3 is 2.83 bits per heavy atom. The third kappa shape index (κ3) is 1.25. The van der Waals surface area contributed by atoms with Gasteiger partial charge in [0.2, 0.25) is 0 Å². The van der Waals surface area contributed by atoms with Crippen molar-refractivity contribution in [3.8, 4) is 0 Å². The maximum atomic E-state index is 5.65. The molecule has 70 valence electrons. The molecular formula is C8H15NO3. The number of nitrogens with two attached hydrogens (primary N) is 1. The van der Waals surface area contributed by atoms with Gasteiger partial charge >= 0.3 is 0 Å². The van der Waals surface area contributed by atoms with Gasteiger partial charge in [0.15, 0.2) is 5.79 Å². The molecule has 2 rings (SSSR count). The normalized spacial score (nSPS) is 44.8. The van der Waals surface area contributed by atoms with E-state index in [4.69, 9.17) is 19.9 Å². The molecule has 0 amide bonds. The molecule has 0 aromatic heterocycles. The molecule has 2 aliphatic rings. The first-order valence-corrected chi connectivity index (χ1v) is 4.30. The number of hydrogen-bond donors (Lipinski definition) is 1. The number of fused-ring (bicyclic) bond motifs is 1. The summed E-state index contributed by atoms with van der Waals surface area (Å²) in [5.74, 6) is -0.466. The average molecular weight is 173 g/mol. The minimum atomic E-state index is -0.466. The van der Waals surface area contributed by atoms with Crippen molar-refractivity contribution in [2.24, 2.45) is 5.73 Å². The highest BCUT2D eigenvalue weighted by Gasteiger charge is 2.49. The molecule has 12 heavy (non-hydrogen) atoms. The minimum Gasteiger partial charge on any atom is -0.371 e. The van der Waals surface area contributed by atoms with Gasteiger partial charge in [0.25, 0.3) is 0 Å². The highest BCUT2D eigenvalue weighted by molar-refractivity contribution is 4.92. The van der Waals surface area contributed by atoms with E-state index in [1.807, 2.05) is 13.8 Å². The molecule has 0 spiro atoms. The van der Waals surface area contributed by atoms with Gasteiger partial charge in [0, 0.05) is 6.54 Å². The van der Waals surface area contributed by atoms with Crippen molar-refractivity contribution in [2.45, 2.75) is 37.9 Å². The van der Waals surface area contributed by atoms with E-state index < -0.39 is 5.79 Å². The maximum Gasteiger partial charge on any atom is 0.164 e. The van der Waals surface area contributed by atoms with Crippen LogP contribution in [-0.2, 0) is 14.2 Å². The van der Waals surface area contributed by atoms with Crippen LogP contribution in [-0.4, -0.2) is 37.3 Å². The predicted molar refractivity (Wildman–Crippen MR) is 42.6 cm³/mol. The standard InChI is InChI=1S/C8H15NO3/c1-8(2)11-6-4-10-5(3-9)7(6)12-8/h5-7H,3-4,9H2,1-2H3. The second-order valence-corrected chi connectivity index (χ2v) is 3.75. The van der Waals surface area contributed by atoms with E-state index in [0.29, 0.717) is 13.2 Å². The summed E-state index contributed by atoms with van der Waals surface area (Å²) in [5, 5.41) is 0. The van der Waals surface area contributed by atoms with Gasteiger partial charge < -0.3 is 19.9 Å². The fraction of sp³-hybridized carbons (Fsp3) is 1.00. The van der Waals surface area contributed by atoms with Crippen LogP contribution >= 0.6 is 0 Å². The Morgan fingerprint density at radius 1 is 1.42 bits per heavy atom. The summed E-state index contributed by atoms with van der Waals surface area (Å²) in [6.45, 7) is 4.94. The van der Waals surface area contributed by atoms with E-state index in [-0.39, 0.29) is 18.3 Å². The fourth-order valence-electron chi connectivity index (χ4n) is 1.82. The Morgan fingerprint density at radius 2 is 2.17 bits per heavy atom. The molecule has 2 aliphatic heterocycles. The molecule has 3 atom stereocenters. The van der Waals surface area contributed by atoms with Gasteiger partial charge in [-0.05, 0) is 13.8 Å². The van der Waals surface area contributed by atoms with E-state index in [2.05, 4.69) is 0 Å². The second kappa shape index (κ2) is 2.67. The number of hydrogen-bond acceptors (Lipinski definition) is 4. The summed E-state index contributed by atoms with van der Waals surface area (Å²) in [5.41, 5.74) is 5.52. The first kappa shape index (κ1) is 8.44. The van der Waals surface area contributed by atoms with Crippen LogP contribution in [0.15, 0.2) is 0 Å². The van der Waals surface area contributed by atoms with Gasteiger partial charge in [-0.25, -0.2) is 0 Å². The Balaban J connectivity index is 2.06. The van der Waals surface area contributed by atoms with Gasteiger partial charge in [-0.3, -0.25) is 0 Å². The monoisotopic (exact) mass is 173 g/mol. The van der Waals surface area contributed by atoms with Crippen LogP contribution in [0, 0.1) is 0 Å². The smallest absolute Gasteiger partial charge is 0.164 e.